The summed E-state index contributed by atoms with van der Waals surface area (Å²) in [7, 11) is 0. The summed E-state index contributed by atoms with van der Waals surface area (Å²) >= 11 is 5.77. The number of nitrogens with two attached hydrogens (primary N) is 1. The SMILES string of the molecule is NC1(C(=O)Nc2cc(Cl)ccc2F)CCCCC1. The number of amides is 1. The zero-order valence-corrected chi connectivity index (χ0v) is 10.8. The Bertz CT molecular complexity index is 458. The number of rotatable bonds is 2. The van der Waals surface area contributed by atoms with Crippen LogP contribution in [-0.4, -0.2) is 11.4 Å². The van der Waals surface area contributed by atoms with Crippen molar-refractivity contribution in [1.82, 2.24) is 0 Å². The summed E-state index contributed by atoms with van der Waals surface area (Å²) in [6.45, 7) is 0. The maximum absolute atomic E-state index is 13.5. The van der Waals surface area contributed by atoms with E-state index in [2.05, 4.69) is 5.32 Å². The van der Waals surface area contributed by atoms with Crippen LogP contribution in [0, 0.1) is 5.82 Å². The molecule has 1 aromatic rings. The first kappa shape index (κ1) is 13.3. The molecule has 0 radical (unpaired) electrons. The number of carbonyl (C=O) groups excluding carboxylic acids is 1. The maximum atomic E-state index is 13.5. The summed E-state index contributed by atoms with van der Waals surface area (Å²) in [5.41, 5.74) is 5.28. The van der Waals surface area contributed by atoms with Gasteiger partial charge in [0.1, 0.15) is 5.82 Å². The molecule has 18 heavy (non-hydrogen) atoms. The monoisotopic (exact) mass is 270 g/mol. The van der Waals surface area contributed by atoms with Crippen LogP contribution in [0.3, 0.4) is 0 Å². The van der Waals surface area contributed by atoms with Crippen LogP contribution in [-0.2, 0) is 4.79 Å². The van der Waals surface area contributed by atoms with E-state index in [1.165, 1.54) is 18.2 Å². The molecule has 0 aliphatic heterocycles. The number of nitrogens with one attached hydrogen (secondary N) is 1. The number of benzene rings is 1. The minimum atomic E-state index is -0.882. The second kappa shape index (κ2) is 5.24. The van der Waals surface area contributed by atoms with E-state index in [1.54, 1.807) is 0 Å². The highest BCUT2D eigenvalue weighted by atomic mass is 35.5. The van der Waals surface area contributed by atoms with Gasteiger partial charge in [-0.05, 0) is 31.0 Å². The first-order valence-electron chi connectivity index (χ1n) is 6.07. The van der Waals surface area contributed by atoms with Gasteiger partial charge in [-0.3, -0.25) is 4.79 Å². The van der Waals surface area contributed by atoms with E-state index in [0.29, 0.717) is 17.9 Å². The van der Waals surface area contributed by atoms with Gasteiger partial charge in [0.25, 0.3) is 0 Å². The lowest BCUT2D eigenvalue weighted by atomic mass is 9.82. The molecule has 98 valence electrons. The minimum absolute atomic E-state index is 0.0860. The Labute approximate surface area is 111 Å². The standard InChI is InChI=1S/C13H16ClFN2O/c14-9-4-5-10(15)11(8-9)17-12(18)13(16)6-2-1-3-7-13/h4-5,8H,1-3,6-7,16H2,(H,17,18). The van der Waals surface area contributed by atoms with Crippen molar-refractivity contribution < 1.29 is 9.18 Å². The highest BCUT2D eigenvalue weighted by Gasteiger charge is 2.35. The van der Waals surface area contributed by atoms with E-state index in [-0.39, 0.29) is 11.6 Å². The van der Waals surface area contributed by atoms with E-state index in [1.807, 2.05) is 0 Å². The Hall–Kier alpha value is -1.13. The molecular weight excluding hydrogens is 255 g/mol. The molecule has 1 aromatic carbocycles. The molecule has 0 spiro atoms. The van der Waals surface area contributed by atoms with Crippen molar-refractivity contribution in [2.45, 2.75) is 37.6 Å². The van der Waals surface area contributed by atoms with Crippen molar-refractivity contribution in [2.75, 3.05) is 5.32 Å². The van der Waals surface area contributed by atoms with Crippen molar-refractivity contribution in [2.24, 2.45) is 5.73 Å². The molecule has 1 aliphatic rings. The van der Waals surface area contributed by atoms with Crippen LogP contribution in [0.4, 0.5) is 10.1 Å². The third-order valence-electron chi connectivity index (χ3n) is 3.37. The Kier molecular flexibility index (Phi) is 3.88. The average Bonchev–Trinajstić information content (AvgIpc) is 2.35. The van der Waals surface area contributed by atoms with Gasteiger partial charge >= 0.3 is 0 Å². The molecule has 0 heterocycles. The molecule has 3 N–H and O–H groups in total. The summed E-state index contributed by atoms with van der Waals surface area (Å²) < 4.78 is 13.5. The van der Waals surface area contributed by atoms with Crippen LogP contribution < -0.4 is 11.1 Å². The molecule has 0 saturated heterocycles. The molecule has 0 unspecified atom stereocenters. The predicted molar refractivity (Wildman–Crippen MR) is 70.0 cm³/mol. The van der Waals surface area contributed by atoms with Gasteiger partial charge in [0.05, 0.1) is 11.2 Å². The molecule has 3 nitrogen and oxygen atoms in total. The smallest absolute Gasteiger partial charge is 0.244 e. The van der Waals surface area contributed by atoms with Crippen LogP contribution in [0.1, 0.15) is 32.1 Å². The molecule has 1 saturated carbocycles. The number of anilines is 1. The normalized spacial score (nSPS) is 18.4. The highest BCUT2D eigenvalue weighted by molar-refractivity contribution is 6.30. The molecule has 0 atom stereocenters. The van der Waals surface area contributed by atoms with Gasteiger partial charge in [-0.15, -0.1) is 0 Å². The quantitative estimate of drug-likeness (QED) is 0.868. The fourth-order valence-corrected chi connectivity index (χ4v) is 2.42. The molecule has 5 heteroatoms. The second-order valence-corrected chi connectivity index (χ2v) is 5.23. The number of carbonyl (C=O) groups is 1. The minimum Gasteiger partial charge on any atom is -0.322 e. The van der Waals surface area contributed by atoms with Gasteiger partial charge in [-0.25, -0.2) is 4.39 Å². The molecule has 1 aliphatic carbocycles. The summed E-state index contributed by atoms with van der Waals surface area (Å²) in [4.78, 5) is 12.1. The summed E-state index contributed by atoms with van der Waals surface area (Å²) in [6.07, 6.45) is 4.24. The van der Waals surface area contributed by atoms with E-state index in [9.17, 15) is 9.18 Å². The molecular formula is C13H16ClFN2O. The number of hydrogen-bond acceptors (Lipinski definition) is 2. The van der Waals surface area contributed by atoms with Gasteiger partial charge in [-0.2, -0.15) is 0 Å². The molecule has 0 aromatic heterocycles. The number of halogens is 2. The highest BCUT2D eigenvalue weighted by Crippen LogP contribution is 2.28. The largest absolute Gasteiger partial charge is 0.322 e. The Morgan fingerprint density at radius 1 is 1.33 bits per heavy atom. The number of hydrogen-bond donors (Lipinski definition) is 2. The van der Waals surface area contributed by atoms with Crippen LogP contribution in [0.5, 0.6) is 0 Å². The summed E-state index contributed by atoms with van der Waals surface area (Å²) in [5, 5.41) is 2.91. The van der Waals surface area contributed by atoms with Crippen molar-refractivity contribution >= 4 is 23.2 Å². The fraction of sp³-hybridized carbons (Fsp3) is 0.462. The fourth-order valence-electron chi connectivity index (χ4n) is 2.25. The van der Waals surface area contributed by atoms with E-state index in [4.69, 9.17) is 17.3 Å². The first-order chi connectivity index (χ1) is 8.51. The summed E-state index contributed by atoms with van der Waals surface area (Å²) in [6, 6.07) is 4.05. The van der Waals surface area contributed by atoms with E-state index < -0.39 is 11.4 Å². The lowest BCUT2D eigenvalue weighted by Gasteiger charge is -2.31. The molecule has 1 fully saturated rings. The average molecular weight is 271 g/mol. The first-order valence-corrected chi connectivity index (χ1v) is 6.44. The topological polar surface area (TPSA) is 55.1 Å². The molecule has 2 rings (SSSR count). The zero-order valence-electron chi connectivity index (χ0n) is 10.0. The van der Waals surface area contributed by atoms with Crippen molar-refractivity contribution in [1.29, 1.82) is 0 Å². The van der Waals surface area contributed by atoms with Gasteiger partial charge in [-0.1, -0.05) is 30.9 Å². The molecule has 0 bridgehead atoms. The van der Waals surface area contributed by atoms with Crippen LogP contribution in [0.15, 0.2) is 18.2 Å². The van der Waals surface area contributed by atoms with Gasteiger partial charge in [0.2, 0.25) is 5.91 Å². The van der Waals surface area contributed by atoms with Crippen LogP contribution in [0.2, 0.25) is 5.02 Å². The lowest BCUT2D eigenvalue weighted by Crippen LogP contribution is -2.52. The second-order valence-electron chi connectivity index (χ2n) is 4.80. The third-order valence-corrected chi connectivity index (χ3v) is 3.61. The van der Waals surface area contributed by atoms with Crippen molar-refractivity contribution in [3.63, 3.8) is 0 Å². The van der Waals surface area contributed by atoms with Gasteiger partial charge < -0.3 is 11.1 Å². The molecule has 1 amide bonds. The van der Waals surface area contributed by atoms with Crippen LogP contribution >= 0.6 is 11.6 Å². The zero-order chi connectivity index (χ0) is 13.2. The van der Waals surface area contributed by atoms with Crippen molar-refractivity contribution in [3.05, 3.63) is 29.0 Å². The van der Waals surface area contributed by atoms with Crippen LogP contribution in [0.25, 0.3) is 0 Å². The Morgan fingerprint density at radius 2 is 2.00 bits per heavy atom. The van der Waals surface area contributed by atoms with E-state index in [0.717, 1.165) is 19.3 Å². The third kappa shape index (κ3) is 2.82. The van der Waals surface area contributed by atoms with Crippen molar-refractivity contribution in [3.8, 4) is 0 Å². The predicted octanol–water partition coefficient (Wildman–Crippen LogP) is 3.08. The Balaban J connectivity index is 2.13. The van der Waals surface area contributed by atoms with Gasteiger partial charge in [0, 0.05) is 5.02 Å². The summed E-state index contributed by atoms with van der Waals surface area (Å²) in [5.74, 6) is -0.837. The van der Waals surface area contributed by atoms with Gasteiger partial charge in [0.15, 0.2) is 0 Å². The Morgan fingerprint density at radius 3 is 2.67 bits per heavy atom. The maximum Gasteiger partial charge on any atom is 0.244 e. The lowest BCUT2D eigenvalue weighted by molar-refractivity contribution is -0.122. The van der Waals surface area contributed by atoms with E-state index >= 15 is 0 Å².